The van der Waals surface area contributed by atoms with Gasteiger partial charge < -0.3 is 14.8 Å². The number of nitrogens with one attached hydrogen (secondary N) is 1. The van der Waals surface area contributed by atoms with E-state index in [9.17, 15) is 18.9 Å². The number of benzene rings is 2. The van der Waals surface area contributed by atoms with Gasteiger partial charge in [0.25, 0.3) is 11.6 Å². The first-order valence-corrected chi connectivity index (χ1v) is 11.6. The van der Waals surface area contributed by atoms with Crippen LogP contribution < -0.4 is 5.32 Å². The molecular formula is C25H25ClF2N4O4. The van der Waals surface area contributed by atoms with Crippen LogP contribution in [0.25, 0.3) is 16.5 Å². The van der Waals surface area contributed by atoms with Crippen molar-refractivity contribution in [3.8, 4) is 0 Å². The summed E-state index contributed by atoms with van der Waals surface area (Å²) in [6.45, 7) is 3.65. The minimum Gasteiger partial charge on any atom is -0.378 e. The first-order chi connectivity index (χ1) is 17.1. The Labute approximate surface area is 211 Å². The molecule has 0 amide bonds. The minimum absolute atomic E-state index is 0.306. The van der Waals surface area contributed by atoms with E-state index < -0.39 is 34.7 Å². The summed E-state index contributed by atoms with van der Waals surface area (Å²) in [6, 6.07) is 6.46. The van der Waals surface area contributed by atoms with Gasteiger partial charge in [-0.25, -0.2) is 9.97 Å². The Morgan fingerprint density at radius 3 is 2.72 bits per heavy atom. The second-order valence-electron chi connectivity index (χ2n) is 8.60. The summed E-state index contributed by atoms with van der Waals surface area (Å²) in [4.78, 5) is 19.8. The van der Waals surface area contributed by atoms with Crippen LogP contribution in [0.3, 0.4) is 0 Å². The number of halogens is 3. The predicted molar refractivity (Wildman–Crippen MR) is 134 cm³/mol. The van der Waals surface area contributed by atoms with E-state index in [4.69, 9.17) is 16.3 Å². The molecule has 0 unspecified atom stereocenters. The number of ether oxygens (including phenoxy) is 2. The van der Waals surface area contributed by atoms with E-state index in [1.165, 1.54) is 12.1 Å². The topological polar surface area (TPSA) is 99.4 Å². The van der Waals surface area contributed by atoms with Gasteiger partial charge in [0.05, 0.1) is 34.7 Å². The lowest BCUT2D eigenvalue weighted by atomic mass is 9.98. The Bertz CT molecular complexity index is 1350. The van der Waals surface area contributed by atoms with Crippen molar-refractivity contribution in [1.29, 1.82) is 0 Å². The van der Waals surface area contributed by atoms with Crippen molar-refractivity contribution in [2.24, 2.45) is 0 Å². The van der Waals surface area contributed by atoms with Crippen LogP contribution in [0.4, 0.5) is 20.3 Å². The molecule has 0 fully saturated rings. The summed E-state index contributed by atoms with van der Waals surface area (Å²) in [5.41, 5.74) is 1.89. The zero-order chi connectivity index (χ0) is 26.0. The standard InChI is InChI=1S/C25H25ClF2N4O4/c1-14(17-8-18(25(27,28)13-35-3)10-19(9-17)32(33)34)29-24-21-11-20(16-4-6-36-7-5-16)22(26)12-23(21)30-15(2)31-24/h4,8-12,14H,5-7,13H2,1-3H3,(H,29,30,31)/t14-/m1/s1. The van der Waals surface area contributed by atoms with Crippen LogP contribution in [0.15, 0.2) is 36.4 Å². The predicted octanol–water partition coefficient (Wildman–Crippen LogP) is 6.21. The quantitative estimate of drug-likeness (QED) is 0.279. The highest BCUT2D eigenvalue weighted by Crippen LogP contribution is 2.36. The van der Waals surface area contributed by atoms with E-state index in [1.807, 2.05) is 12.1 Å². The van der Waals surface area contributed by atoms with Gasteiger partial charge in [-0.2, -0.15) is 8.78 Å². The Kier molecular flexibility index (Phi) is 7.49. The molecule has 0 radical (unpaired) electrons. The third-order valence-electron chi connectivity index (χ3n) is 5.96. The summed E-state index contributed by atoms with van der Waals surface area (Å²) in [7, 11) is 1.15. The number of nitrogens with zero attached hydrogens (tertiary/aromatic N) is 3. The monoisotopic (exact) mass is 518 g/mol. The van der Waals surface area contributed by atoms with E-state index in [-0.39, 0.29) is 0 Å². The van der Waals surface area contributed by atoms with Crippen molar-refractivity contribution < 1.29 is 23.2 Å². The van der Waals surface area contributed by atoms with Gasteiger partial charge in [-0.15, -0.1) is 0 Å². The molecule has 1 aromatic heterocycles. The molecule has 4 rings (SSSR count). The molecule has 1 N–H and O–H groups in total. The number of alkyl halides is 2. The Morgan fingerprint density at radius 1 is 1.28 bits per heavy atom. The summed E-state index contributed by atoms with van der Waals surface area (Å²) in [5, 5.41) is 15.9. The molecule has 1 aliphatic rings. The molecule has 2 aromatic carbocycles. The minimum atomic E-state index is -3.39. The molecule has 1 atom stereocenters. The number of hydrogen-bond acceptors (Lipinski definition) is 7. The lowest BCUT2D eigenvalue weighted by Crippen LogP contribution is -2.21. The van der Waals surface area contributed by atoms with Gasteiger partial charge in [0.2, 0.25) is 0 Å². The highest BCUT2D eigenvalue weighted by Gasteiger charge is 2.34. The van der Waals surface area contributed by atoms with E-state index in [2.05, 4.69) is 20.0 Å². The molecule has 3 aromatic rings. The number of aromatic nitrogens is 2. The maximum absolute atomic E-state index is 14.6. The van der Waals surface area contributed by atoms with Crippen LogP contribution in [0.1, 0.15) is 41.9 Å². The van der Waals surface area contributed by atoms with Crippen molar-refractivity contribution in [2.75, 3.05) is 32.2 Å². The van der Waals surface area contributed by atoms with Crippen molar-refractivity contribution in [2.45, 2.75) is 32.2 Å². The van der Waals surface area contributed by atoms with Gasteiger partial charge in [0.15, 0.2) is 0 Å². The third-order valence-corrected chi connectivity index (χ3v) is 6.27. The van der Waals surface area contributed by atoms with Gasteiger partial charge in [-0.05, 0) is 55.2 Å². The number of anilines is 1. The van der Waals surface area contributed by atoms with Crippen molar-refractivity contribution in [3.05, 3.63) is 74.1 Å². The van der Waals surface area contributed by atoms with Crippen LogP contribution in [0, 0.1) is 17.0 Å². The number of fused-ring (bicyclic) bond motifs is 1. The number of rotatable bonds is 8. The molecule has 2 heterocycles. The van der Waals surface area contributed by atoms with E-state index >= 15 is 0 Å². The van der Waals surface area contributed by atoms with Crippen molar-refractivity contribution >= 4 is 39.6 Å². The molecule has 0 spiro atoms. The number of hydrogen-bond donors (Lipinski definition) is 1. The molecule has 0 saturated heterocycles. The normalized spacial score (nSPS) is 15.0. The van der Waals surface area contributed by atoms with Gasteiger partial charge >= 0.3 is 0 Å². The van der Waals surface area contributed by atoms with Crippen molar-refractivity contribution in [3.63, 3.8) is 0 Å². The number of nitro groups is 1. The fraction of sp³-hybridized carbons (Fsp3) is 0.360. The van der Waals surface area contributed by atoms with Crippen LogP contribution in [0.5, 0.6) is 0 Å². The van der Waals surface area contributed by atoms with Crippen molar-refractivity contribution in [1.82, 2.24) is 9.97 Å². The van der Waals surface area contributed by atoms with Gasteiger partial charge in [-0.3, -0.25) is 10.1 Å². The third kappa shape index (κ3) is 5.45. The number of nitro benzene ring substituents is 1. The molecule has 190 valence electrons. The van der Waals surface area contributed by atoms with Gasteiger partial charge in [0, 0.05) is 30.2 Å². The largest absolute Gasteiger partial charge is 0.378 e. The Hall–Kier alpha value is -3.21. The van der Waals surface area contributed by atoms with Gasteiger partial charge in [-0.1, -0.05) is 17.7 Å². The molecule has 0 saturated carbocycles. The second kappa shape index (κ2) is 10.4. The molecule has 1 aliphatic heterocycles. The van der Waals surface area contributed by atoms with Crippen LogP contribution in [-0.4, -0.2) is 41.8 Å². The maximum atomic E-state index is 14.6. The first kappa shape index (κ1) is 25.9. The second-order valence-corrected chi connectivity index (χ2v) is 9.00. The SMILES string of the molecule is COCC(F)(F)c1cc([C@@H](C)Nc2nc(C)nc3cc(Cl)c(C4=CCOCC4)cc23)cc([N+](=O)[O-])c1. The smallest absolute Gasteiger partial charge is 0.296 e. The fourth-order valence-electron chi connectivity index (χ4n) is 4.15. The van der Waals surface area contributed by atoms with Gasteiger partial charge in [0.1, 0.15) is 18.2 Å². The lowest BCUT2D eigenvalue weighted by molar-refractivity contribution is -0.385. The van der Waals surface area contributed by atoms with E-state index in [1.54, 1.807) is 19.9 Å². The van der Waals surface area contributed by atoms with Crippen LogP contribution in [0.2, 0.25) is 5.02 Å². The summed E-state index contributed by atoms with van der Waals surface area (Å²) < 4.78 is 39.2. The summed E-state index contributed by atoms with van der Waals surface area (Å²) in [5.74, 6) is -2.44. The Balaban J connectivity index is 1.76. The van der Waals surface area contributed by atoms with E-state index in [0.717, 1.165) is 24.3 Å². The molecule has 36 heavy (non-hydrogen) atoms. The molecular weight excluding hydrogens is 494 g/mol. The number of non-ortho nitro benzene ring substituents is 1. The number of methoxy groups -OCH3 is 1. The zero-order valence-corrected chi connectivity index (χ0v) is 20.7. The fourth-order valence-corrected chi connectivity index (χ4v) is 4.43. The van der Waals surface area contributed by atoms with Crippen LogP contribution in [-0.2, 0) is 15.4 Å². The molecule has 0 aliphatic carbocycles. The average molecular weight is 519 g/mol. The average Bonchev–Trinajstić information content (AvgIpc) is 2.83. The summed E-state index contributed by atoms with van der Waals surface area (Å²) >= 11 is 6.57. The zero-order valence-electron chi connectivity index (χ0n) is 20.0. The van der Waals surface area contributed by atoms with Crippen LogP contribution >= 0.6 is 11.6 Å². The molecule has 11 heteroatoms. The highest BCUT2D eigenvalue weighted by atomic mass is 35.5. The highest BCUT2D eigenvalue weighted by molar-refractivity contribution is 6.33. The summed E-state index contributed by atoms with van der Waals surface area (Å²) in [6.07, 6.45) is 2.69. The number of aryl methyl sites for hydroxylation is 1. The molecule has 0 bridgehead atoms. The first-order valence-electron chi connectivity index (χ1n) is 11.3. The van der Waals surface area contributed by atoms with E-state index in [0.29, 0.717) is 52.8 Å². The molecule has 8 nitrogen and oxygen atoms in total. The maximum Gasteiger partial charge on any atom is 0.296 e. The lowest BCUT2D eigenvalue weighted by Gasteiger charge is -2.21. The Morgan fingerprint density at radius 2 is 2.06 bits per heavy atom.